The first-order chi connectivity index (χ1) is 11.5. The number of hydrogen-bond donors (Lipinski definition) is 2. The summed E-state index contributed by atoms with van der Waals surface area (Å²) in [6.45, 7) is 3.05. The summed E-state index contributed by atoms with van der Waals surface area (Å²) >= 11 is 6.22. The zero-order chi connectivity index (χ0) is 17.5. The second-order valence-electron chi connectivity index (χ2n) is 5.37. The molecule has 0 radical (unpaired) electrons. The van der Waals surface area contributed by atoms with Crippen molar-refractivity contribution >= 4 is 35.6 Å². The van der Waals surface area contributed by atoms with Crippen molar-refractivity contribution in [2.45, 2.75) is 25.8 Å². The van der Waals surface area contributed by atoms with Crippen LogP contribution in [0.5, 0.6) is 0 Å². The molecule has 0 aliphatic carbocycles. The van der Waals surface area contributed by atoms with E-state index in [2.05, 4.69) is 10.3 Å². The molecule has 1 aliphatic rings. The minimum absolute atomic E-state index is 0.131. The van der Waals surface area contributed by atoms with Gasteiger partial charge in [0.05, 0.1) is 11.6 Å². The van der Waals surface area contributed by atoms with Gasteiger partial charge in [0.2, 0.25) is 0 Å². The zero-order valence-corrected chi connectivity index (χ0v) is 14.1. The van der Waals surface area contributed by atoms with E-state index >= 15 is 0 Å². The lowest BCUT2D eigenvalue weighted by Gasteiger charge is -2.30. The maximum atomic E-state index is 11.3. The monoisotopic (exact) mass is 353 g/mol. The molecule has 2 rings (SSSR count). The maximum Gasteiger partial charge on any atom is 0.407 e. The first kappa shape index (κ1) is 18.1. The van der Waals surface area contributed by atoms with Crippen LogP contribution in [0.15, 0.2) is 18.3 Å². The summed E-state index contributed by atoms with van der Waals surface area (Å²) in [6, 6.07) is 1.84. The van der Waals surface area contributed by atoms with Gasteiger partial charge < -0.3 is 20.1 Å². The Kier molecular flexibility index (Phi) is 6.43. The van der Waals surface area contributed by atoms with Crippen molar-refractivity contribution in [1.82, 2.24) is 9.88 Å². The van der Waals surface area contributed by atoms with Gasteiger partial charge in [-0.2, -0.15) is 0 Å². The lowest BCUT2D eigenvalue weighted by atomic mass is 10.1. The second-order valence-corrected chi connectivity index (χ2v) is 5.78. The first-order valence-electron chi connectivity index (χ1n) is 7.74. The van der Waals surface area contributed by atoms with E-state index in [1.807, 2.05) is 0 Å². The van der Waals surface area contributed by atoms with Crippen molar-refractivity contribution in [2.24, 2.45) is 0 Å². The molecule has 8 heteroatoms. The summed E-state index contributed by atoms with van der Waals surface area (Å²) in [5, 5.41) is 12.6. The Labute approximate surface area is 145 Å². The summed E-state index contributed by atoms with van der Waals surface area (Å²) in [5.41, 5.74) is 0.694. The standard InChI is InChI=1S/C16H20ClN3O4/c1-2-24-14(21)4-3-11-9-13(17)15(18-10-11)19-12-5-7-20(8-6-12)16(22)23/h3-4,9-10,12H,2,5-8H2,1H3,(H,18,19)(H,22,23). The Balaban J connectivity index is 1.93. The molecular weight excluding hydrogens is 334 g/mol. The number of carbonyl (C=O) groups is 2. The van der Waals surface area contributed by atoms with Crippen LogP contribution < -0.4 is 5.32 Å². The number of piperidine rings is 1. The first-order valence-corrected chi connectivity index (χ1v) is 8.12. The number of halogens is 1. The highest BCUT2D eigenvalue weighted by molar-refractivity contribution is 6.33. The van der Waals surface area contributed by atoms with E-state index in [1.54, 1.807) is 25.3 Å². The molecule has 1 saturated heterocycles. The third-order valence-corrected chi connectivity index (χ3v) is 3.96. The van der Waals surface area contributed by atoms with Crippen molar-refractivity contribution in [2.75, 3.05) is 25.0 Å². The number of esters is 1. The molecule has 2 heterocycles. The van der Waals surface area contributed by atoms with Gasteiger partial charge in [0, 0.05) is 31.4 Å². The van der Waals surface area contributed by atoms with Crippen molar-refractivity contribution in [3.63, 3.8) is 0 Å². The highest BCUT2D eigenvalue weighted by Crippen LogP contribution is 2.24. The molecule has 24 heavy (non-hydrogen) atoms. The highest BCUT2D eigenvalue weighted by Gasteiger charge is 2.22. The Bertz CT molecular complexity index is 628. The van der Waals surface area contributed by atoms with Crippen molar-refractivity contribution < 1.29 is 19.4 Å². The van der Waals surface area contributed by atoms with Gasteiger partial charge in [0.1, 0.15) is 5.82 Å². The molecule has 2 N–H and O–H groups in total. The number of ether oxygens (including phenoxy) is 1. The number of carboxylic acid groups (broad SMARTS) is 1. The van der Waals surface area contributed by atoms with Gasteiger partial charge in [-0.25, -0.2) is 14.6 Å². The molecule has 130 valence electrons. The van der Waals surface area contributed by atoms with Crippen LogP contribution in [-0.2, 0) is 9.53 Å². The fourth-order valence-electron chi connectivity index (χ4n) is 2.41. The number of nitrogens with one attached hydrogen (secondary N) is 1. The van der Waals surface area contributed by atoms with E-state index < -0.39 is 12.1 Å². The van der Waals surface area contributed by atoms with Crippen LogP contribution in [0.3, 0.4) is 0 Å². The number of likely N-dealkylation sites (tertiary alicyclic amines) is 1. The number of amides is 1. The molecule has 1 amide bonds. The van der Waals surface area contributed by atoms with Gasteiger partial charge in [-0.1, -0.05) is 11.6 Å². The maximum absolute atomic E-state index is 11.3. The predicted octanol–water partition coefficient (Wildman–Crippen LogP) is 2.87. The number of rotatable bonds is 5. The quantitative estimate of drug-likeness (QED) is 0.624. The van der Waals surface area contributed by atoms with E-state index in [4.69, 9.17) is 21.4 Å². The topological polar surface area (TPSA) is 91.8 Å². The van der Waals surface area contributed by atoms with Crippen LogP contribution in [0.1, 0.15) is 25.3 Å². The van der Waals surface area contributed by atoms with E-state index in [-0.39, 0.29) is 6.04 Å². The molecular formula is C16H20ClN3O4. The van der Waals surface area contributed by atoms with Gasteiger partial charge >= 0.3 is 12.1 Å². The largest absolute Gasteiger partial charge is 0.465 e. The Morgan fingerprint density at radius 2 is 2.21 bits per heavy atom. The van der Waals surface area contributed by atoms with Crippen LogP contribution in [0.2, 0.25) is 5.02 Å². The van der Waals surface area contributed by atoms with Gasteiger partial charge in [-0.05, 0) is 37.5 Å². The fourth-order valence-corrected chi connectivity index (χ4v) is 2.64. The van der Waals surface area contributed by atoms with Crippen LogP contribution >= 0.6 is 11.6 Å². The number of nitrogens with zero attached hydrogens (tertiary/aromatic N) is 2. The summed E-state index contributed by atoms with van der Waals surface area (Å²) in [7, 11) is 0. The third-order valence-electron chi connectivity index (χ3n) is 3.67. The van der Waals surface area contributed by atoms with Gasteiger partial charge in [0.15, 0.2) is 0 Å². The van der Waals surface area contributed by atoms with Gasteiger partial charge in [0.25, 0.3) is 0 Å². The molecule has 1 aliphatic heterocycles. The minimum Gasteiger partial charge on any atom is -0.465 e. The predicted molar refractivity (Wildman–Crippen MR) is 91.2 cm³/mol. The summed E-state index contributed by atoms with van der Waals surface area (Å²) in [6.07, 6.45) is 5.04. The second kappa shape index (κ2) is 8.54. The number of anilines is 1. The van der Waals surface area contributed by atoms with Crippen molar-refractivity contribution in [3.05, 3.63) is 28.9 Å². The summed E-state index contributed by atoms with van der Waals surface area (Å²) in [4.78, 5) is 27.9. The molecule has 0 atom stereocenters. The molecule has 1 aromatic heterocycles. The SMILES string of the molecule is CCOC(=O)C=Cc1cnc(NC2CCN(C(=O)O)CC2)c(Cl)c1. The molecule has 0 spiro atoms. The Morgan fingerprint density at radius 3 is 2.79 bits per heavy atom. The fraction of sp³-hybridized carbons (Fsp3) is 0.438. The Hall–Kier alpha value is -2.28. The molecule has 0 saturated carbocycles. The number of hydrogen-bond acceptors (Lipinski definition) is 5. The van der Waals surface area contributed by atoms with E-state index in [9.17, 15) is 9.59 Å². The van der Waals surface area contributed by atoms with Crippen molar-refractivity contribution in [1.29, 1.82) is 0 Å². The van der Waals surface area contributed by atoms with Crippen LogP contribution in [-0.4, -0.2) is 52.8 Å². The highest BCUT2D eigenvalue weighted by atomic mass is 35.5. The molecule has 1 fully saturated rings. The van der Waals surface area contributed by atoms with E-state index in [0.717, 1.165) is 0 Å². The average molecular weight is 354 g/mol. The number of carbonyl (C=O) groups excluding carboxylic acids is 1. The molecule has 0 unspecified atom stereocenters. The van der Waals surface area contributed by atoms with Gasteiger partial charge in [-0.15, -0.1) is 0 Å². The van der Waals surface area contributed by atoms with Crippen molar-refractivity contribution in [3.8, 4) is 0 Å². The lowest BCUT2D eigenvalue weighted by molar-refractivity contribution is -0.137. The molecule has 1 aromatic rings. The van der Waals surface area contributed by atoms with Crippen LogP contribution in [0.25, 0.3) is 6.08 Å². The lowest BCUT2D eigenvalue weighted by Crippen LogP contribution is -2.41. The minimum atomic E-state index is -0.887. The third kappa shape index (κ3) is 5.13. The summed E-state index contributed by atoms with van der Waals surface area (Å²) in [5.74, 6) is 0.139. The zero-order valence-electron chi connectivity index (χ0n) is 13.4. The summed E-state index contributed by atoms with van der Waals surface area (Å²) < 4.78 is 4.81. The normalized spacial score (nSPS) is 15.5. The van der Waals surface area contributed by atoms with Crippen LogP contribution in [0.4, 0.5) is 10.6 Å². The van der Waals surface area contributed by atoms with Crippen LogP contribution in [0, 0.1) is 0 Å². The van der Waals surface area contributed by atoms with E-state index in [1.165, 1.54) is 11.0 Å². The Morgan fingerprint density at radius 1 is 1.50 bits per heavy atom. The molecule has 0 aromatic carbocycles. The average Bonchev–Trinajstić information content (AvgIpc) is 2.56. The van der Waals surface area contributed by atoms with E-state index in [0.29, 0.717) is 48.9 Å². The van der Waals surface area contributed by atoms with Gasteiger partial charge in [-0.3, -0.25) is 0 Å². The molecule has 7 nitrogen and oxygen atoms in total. The number of pyridine rings is 1. The molecule has 0 bridgehead atoms. The smallest absolute Gasteiger partial charge is 0.407 e. The number of aromatic nitrogens is 1.